The van der Waals surface area contributed by atoms with Gasteiger partial charge in [-0.25, -0.2) is 9.78 Å². The Morgan fingerprint density at radius 1 is 1.28 bits per heavy atom. The predicted octanol–water partition coefficient (Wildman–Crippen LogP) is 2.58. The summed E-state index contributed by atoms with van der Waals surface area (Å²) in [5.41, 5.74) is 1.13. The zero-order valence-corrected chi connectivity index (χ0v) is 16.6. The maximum atomic E-state index is 12.3. The Balaban J connectivity index is 1.49. The lowest BCUT2D eigenvalue weighted by Gasteiger charge is -2.25. The molecule has 0 saturated carbocycles. The van der Waals surface area contributed by atoms with E-state index >= 15 is 0 Å². The topological polar surface area (TPSA) is 93.9 Å². The van der Waals surface area contributed by atoms with Crippen molar-refractivity contribution in [1.82, 2.24) is 14.5 Å². The Morgan fingerprint density at radius 3 is 2.76 bits per heavy atom. The van der Waals surface area contributed by atoms with Crippen LogP contribution in [0, 0.1) is 0 Å². The first-order valence-corrected chi connectivity index (χ1v) is 9.82. The summed E-state index contributed by atoms with van der Waals surface area (Å²) < 4.78 is 12.3. The quantitative estimate of drug-likeness (QED) is 0.582. The number of likely N-dealkylation sites (tertiary alicyclic amines) is 1. The summed E-state index contributed by atoms with van der Waals surface area (Å²) in [5.74, 6) is -0.0474. The van der Waals surface area contributed by atoms with Crippen molar-refractivity contribution < 1.29 is 24.2 Å². The standard InChI is InChI=1S/C21H27N3O5/c1-28-11-12-29-18-7-4-16(5-8-18)13-24-17(6-9-20(24)25)3-2-10-23-14-19(21(26)27)22-15-23/h4-5,7-8,14-15,17H,2-3,6,9-13H2,1H3,(H,26,27)/t17-/m1/s1. The molecular formula is C21H27N3O5. The number of imidazole rings is 1. The van der Waals surface area contributed by atoms with Gasteiger partial charge in [0.15, 0.2) is 5.69 Å². The number of aromatic carboxylic acids is 1. The highest BCUT2D eigenvalue weighted by atomic mass is 16.5. The zero-order chi connectivity index (χ0) is 20.6. The molecule has 1 aromatic carbocycles. The fourth-order valence-corrected chi connectivity index (χ4v) is 3.54. The van der Waals surface area contributed by atoms with Crippen molar-refractivity contribution >= 4 is 11.9 Å². The van der Waals surface area contributed by atoms with Crippen molar-refractivity contribution in [3.8, 4) is 5.75 Å². The molecule has 1 atom stereocenters. The minimum atomic E-state index is -1.02. The molecule has 1 aromatic heterocycles. The van der Waals surface area contributed by atoms with E-state index in [1.807, 2.05) is 29.2 Å². The van der Waals surface area contributed by atoms with E-state index in [0.717, 1.165) is 30.6 Å². The van der Waals surface area contributed by atoms with Crippen molar-refractivity contribution in [3.63, 3.8) is 0 Å². The number of aryl methyl sites for hydroxylation is 1. The van der Waals surface area contributed by atoms with Crippen molar-refractivity contribution in [1.29, 1.82) is 0 Å². The van der Waals surface area contributed by atoms with Crippen LogP contribution < -0.4 is 4.74 Å². The largest absolute Gasteiger partial charge is 0.491 e. The van der Waals surface area contributed by atoms with Gasteiger partial charge in [0.25, 0.3) is 0 Å². The zero-order valence-electron chi connectivity index (χ0n) is 16.6. The van der Waals surface area contributed by atoms with E-state index in [1.165, 1.54) is 12.5 Å². The van der Waals surface area contributed by atoms with Crippen molar-refractivity contribution in [2.24, 2.45) is 0 Å². The first-order chi connectivity index (χ1) is 14.1. The summed E-state index contributed by atoms with van der Waals surface area (Å²) in [6.45, 7) is 2.33. The number of aromatic nitrogens is 2. The van der Waals surface area contributed by atoms with E-state index in [9.17, 15) is 9.59 Å². The van der Waals surface area contributed by atoms with E-state index < -0.39 is 5.97 Å². The van der Waals surface area contributed by atoms with Gasteiger partial charge in [-0.15, -0.1) is 0 Å². The average molecular weight is 401 g/mol. The van der Waals surface area contributed by atoms with E-state index in [1.54, 1.807) is 11.7 Å². The molecule has 1 saturated heterocycles. The normalized spacial score (nSPS) is 16.4. The van der Waals surface area contributed by atoms with Crippen LogP contribution in [0.3, 0.4) is 0 Å². The lowest BCUT2D eigenvalue weighted by molar-refractivity contribution is -0.129. The second-order valence-electron chi connectivity index (χ2n) is 7.14. The molecule has 156 valence electrons. The van der Waals surface area contributed by atoms with Gasteiger partial charge in [-0.2, -0.15) is 0 Å². The molecule has 1 N–H and O–H groups in total. The van der Waals surface area contributed by atoms with Crippen LogP contribution in [0.2, 0.25) is 0 Å². The molecule has 1 aliphatic rings. The summed E-state index contributed by atoms with van der Waals surface area (Å²) in [6.07, 6.45) is 6.26. The van der Waals surface area contributed by atoms with E-state index in [0.29, 0.717) is 32.7 Å². The molecule has 8 nitrogen and oxygen atoms in total. The SMILES string of the molecule is COCCOc1ccc(CN2C(=O)CC[C@H]2CCCn2cnc(C(=O)O)c2)cc1. The number of carboxylic acids is 1. The highest BCUT2D eigenvalue weighted by Crippen LogP contribution is 2.25. The van der Waals surface area contributed by atoms with Gasteiger partial charge in [-0.1, -0.05) is 12.1 Å². The van der Waals surface area contributed by atoms with Gasteiger partial charge in [-0.05, 0) is 37.0 Å². The van der Waals surface area contributed by atoms with Gasteiger partial charge >= 0.3 is 5.97 Å². The third kappa shape index (κ3) is 5.80. The average Bonchev–Trinajstić information content (AvgIpc) is 3.32. The van der Waals surface area contributed by atoms with Gasteiger partial charge in [-0.3, -0.25) is 4.79 Å². The number of carbonyl (C=O) groups excluding carboxylic acids is 1. The number of ether oxygens (including phenoxy) is 2. The van der Waals surface area contributed by atoms with Crippen LogP contribution >= 0.6 is 0 Å². The van der Waals surface area contributed by atoms with Crippen LogP contribution in [0.15, 0.2) is 36.8 Å². The predicted molar refractivity (Wildman–Crippen MR) is 106 cm³/mol. The molecule has 0 unspecified atom stereocenters. The minimum Gasteiger partial charge on any atom is -0.491 e. The molecule has 2 heterocycles. The summed E-state index contributed by atoms with van der Waals surface area (Å²) in [6, 6.07) is 8.02. The number of rotatable bonds is 11. The first-order valence-electron chi connectivity index (χ1n) is 9.82. The molecular weight excluding hydrogens is 374 g/mol. The summed E-state index contributed by atoms with van der Waals surface area (Å²) in [4.78, 5) is 29.1. The number of amides is 1. The van der Waals surface area contributed by atoms with Crippen LogP contribution in [0.25, 0.3) is 0 Å². The molecule has 0 bridgehead atoms. The van der Waals surface area contributed by atoms with Crippen molar-refractivity contribution in [2.45, 2.75) is 44.8 Å². The second-order valence-corrected chi connectivity index (χ2v) is 7.14. The maximum absolute atomic E-state index is 12.3. The number of benzene rings is 1. The van der Waals surface area contributed by atoms with Gasteiger partial charge < -0.3 is 24.0 Å². The summed E-state index contributed by atoms with van der Waals surface area (Å²) in [7, 11) is 1.64. The Labute approximate surface area is 170 Å². The van der Waals surface area contributed by atoms with Crippen LogP contribution in [0.1, 0.15) is 41.7 Å². The molecule has 2 aromatic rings. The molecule has 8 heteroatoms. The molecule has 0 radical (unpaired) electrons. The third-order valence-electron chi connectivity index (χ3n) is 5.09. The molecule has 29 heavy (non-hydrogen) atoms. The Morgan fingerprint density at radius 2 is 2.07 bits per heavy atom. The highest BCUT2D eigenvalue weighted by molar-refractivity contribution is 5.84. The monoisotopic (exact) mass is 401 g/mol. The van der Waals surface area contributed by atoms with E-state index in [2.05, 4.69) is 4.98 Å². The third-order valence-corrected chi connectivity index (χ3v) is 5.09. The Bertz CT molecular complexity index is 818. The molecule has 3 rings (SSSR count). The number of hydrogen-bond donors (Lipinski definition) is 1. The maximum Gasteiger partial charge on any atom is 0.356 e. The highest BCUT2D eigenvalue weighted by Gasteiger charge is 2.30. The number of hydrogen-bond acceptors (Lipinski definition) is 5. The molecule has 1 aliphatic heterocycles. The summed E-state index contributed by atoms with van der Waals surface area (Å²) in [5, 5.41) is 8.94. The van der Waals surface area contributed by atoms with Crippen LogP contribution in [0.5, 0.6) is 5.75 Å². The number of carboxylic acid groups (broad SMARTS) is 1. The lowest BCUT2D eigenvalue weighted by Crippen LogP contribution is -2.32. The Hall–Kier alpha value is -2.87. The smallest absolute Gasteiger partial charge is 0.356 e. The fourth-order valence-electron chi connectivity index (χ4n) is 3.54. The van der Waals surface area contributed by atoms with E-state index in [-0.39, 0.29) is 17.6 Å². The number of carbonyl (C=O) groups is 2. The van der Waals surface area contributed by atoms with Crippen LogP contribution in [-0.2, 0) is 22.6 Å². The number of methoxy groups -OCH3 is 1. The van der Waals surface area contributed by atoms with Crippen LogP contribution in [-0.4, -0.2) is 57.8 Å². The van der Waals surface area contributed by atoms with E-state index in [4.69, 9.17) is 14.6 Å². The Kier molecular flexibility index (Phi) is 7.24. The molecule has 1 fully saturated rings. The van der Waals surface area contributed by atoms with Gasteiger partial charge in [0.05, 0.1) is 12.9 Å². The second kappa shape index (κ2) is 10.1. The van der Waals surface area contributed by atoms with Gasteiger partial charge in [0.1, 0.15) is 12.4 Å². The van der Waals surface area contributed by atoms with Crippen molar-refractivity contribution in [2.75, 3.05) is 20.3 Å². The molecule has 1 amide bonds. The van der Waals surface area contributed by atoms with Crippen LogP contribution in [0.4, 0.5) is 0 Å². The van der Waals surface area contributed by atoms with Gasteiger partial charge in [0.2, 0.25) is 5.91 Å². The first kappa shape index (κ1) is 20.9. The fraction of sp³-hybridized carbons (Fsp3) is 0.476. The lowest BCUT2D eigenvalue weighted by atomic mass is 10.1. The van der Waals surface area contributed by atoms with Gasteiger partial charge in [0, 0.05) is 38.9 Å². The summed E-state index contributed by atoms with van der Waals surface area (Å²) >= 11 is 0. The van der Waals surface area contributed by atoms with Crippen molar-refractivity contribution in [3.05, 3.63) is 48.0 Å². The minimum absolute atomic E-state index is 0.0531. The molecule has 0 spiro atoms. The number of nitrogens with zero attached hydrogens (tertiary/aromatic N) is 3. The molecule has 0 aliphatic carbocycles.